The van der Waals surface area contributed by atoms with E-state index in [4.69, 9.17) is 0 Å². The van der Waals surface area contributed by atoms with Crippen LogP contribution in [0, 0.1) is 11.8 Å². The van der Waals surface area contributed by atoms with Crippen molar-refractivity contribution in [3.8, 4) is 0 Å². The molecule has 0 saturated carbocycles. The van der Waals surface area contributed by atoms with Gasteiger partial charge in [0.25, 0.3) is 0 Å². The molecule has 2 N–H and O–H groups in total. The first kappa shape index (κ1) is 17.2. The minimum atomic E-state index is -0.919. The van der Waals surface area contributed by atoms with Gasteiger partial charge in [0.1, 0.15) is 0 Å². The Bertz CT molecular complexity index is 456. The lowest BCUT2D eigenvalue weighted by Crippen LogP contribution is -2.33. The standard InChI is InChI=1S/C17H25NO3/c1-4-13(12(2)3)10-16(19)18-11-15(17(20)21)14-8-6-5-7-9-14/h5-9,12-13,15H,4,10-11H2,1-3H3,(H,18,19)(H,20,21). The Morgan fingerprint density at radius 2 is 1.81 bits per heavy atom. The number of benzene rings is 1. The van der Waals surface area contributed by atoms with Crippen LogP contribution in [-0.4, -0.2) is 23.5 Å². The smallest absolute Gasteiger partial charge is 0.312 e. The lowest BCUT2D eigenvalue weighted by Gasteiger charge is -2.19. The molecule has 0 heterocycles. The Kier molecular flexibility index (Phi) is 6.92. The summed E-state index contributed by atoms with van der Waals surface area (Å²) in [5.41, 5.74) is 0.709. The number of rotatable bonds is 8. The van der Waals surface area contributed by atoms with Crippen molar-refractivity contribution in [1.82, 2.24) is 5.32 Å². The minimum Gasteiger partial charge on any atom is -0.481 e. The number of carbonyl (C=O) groups excluding carboxylic acids is 1. The summed E-state index contributed by atoms with van der Waals surface area (Å²) in [6.07, 6.45) is 1.40. The van der Waals surface area contributed by atoms with E-state index in [1.54, 1.807) is 24.3 Å². The maximum Gasteiger partial charge on any atom is 0.312 e. The van der Waals surface area contributed by atoms with Crippen molar-refractivity contribution in [2.45, 2.75) is 39.5 Å². The number of carboxylic acids is 1. The normalized spacial score (nSPS) is 13.7. The van der Waals surface area contributed by atoms with Crippen molar-refractivity contribution < 1.29 is 14.7 Å². The zero-order valence-electron chi connectivity index (χ0n) is 13.0. The summed E-state index contributed by atoms with van der Waals surface area (Å²) in [5.74, 6) is -0.903. The van der Waals surface area contributed by atoms with E-state index in [2.05, 4.69) is 26.1 Å². The van der Waals surface area contributed by atoms with Crippen LogP contribution in [-0.2, 0) is 9.59 Å². The number of carbonyl (C=O) groups is 2. The van der Waals surface area contributed by atoms with Gasteiger partial charge in [0.15, 0.2) is 0 Å². The SMILES string of the molecule is CCC(CC(=O)NCC(C(=O)O)c1ccccc1)C(C)C. The average Bonchev–Trinajstić information content (AvgIpc) is 2.45. The van der Waals surface area contributed by atoms with Crippen LogP contribution in [0.4, 0.5) is 0 Å². The zero-order chi connectivity index (χ0) is 15.8. The fourth-order valence-corrected chi connectivity index (χ4v) is 2.41. The summed E-state index contributed by atoms with van der Waals surface area (Å²) in [6.45, 7) is 6.41. The highest BCUT2D eigenvalue weighted by molar-refractivity contribution is 5.79. The number of hydrogen-bond donors (Lipinski definition) is 2. The number of carboxylic acid groups (broad SMARTS) is 1. The molecule has 1 aromatic rings. The molecule has 0 spiro atoms. The van der Waals surface area contributed by atoms with Crippen LogP contribution in [0.15, 0.2) is 30.3 Å². The molecule has 2 atom stereocenters. The van der Waals surface area contributed by atoms with Gasteiger partial charge in [-0.1, -0.05) is 57.5 Å². The zero-order valence-corrected chi connectivity index (χ0v) is 13.0. The second-order valence-corrected chi connectivity index (χ2v) is 5.72. The Morgan fingerprint density at radius 3 is 2.29 bits per heavy atom. The van der Waals surface area contributed by atoms with Crippen LogP contribution in [0.3, 0.4) is 0 Å². The molecule has 4 heteroatoms. The number of aliphatic carboxylic acids is 1. The highest BCUT2D eigenvalue weighted by Gasteiger charge is 2.21. The highest BCUT2D eigenvalue weighted by atomic mass is 16.4. The lowest BCUT2D eigenvalue weighted by molar-refractivity contribution is -0.138. The van der Waals surface area contributed by atoms with Crippen LogP contribution < -0.4 is 5.32 Å². The molecule has 0 bridgehead atoms. The first-order valence-corrected chi connectivity index (χ1v) is 7.50. The molecular weight excluding hydrogens is 266 g/mol. The molecule has 0 aliphatic heterocycles. The van der Waals surface area contributed by atoms with Gasteiger partial charge in [-0.15, -0.1) is 0 Å². The van der Waals surface area contributed by atoms with E-state index in [1.165, 1.54) is 0 Å². The molecule has 0 aliphatic rings. The summed E-state index contributed by atoms with van der Waals surface area (Å²) in [6, 6.07) is 9.00. The average molecular weight is 291 g/mol. The Hall–Kier alpha value is -1.84. The summed E-state index contributed by atoms with van der Waals surface area (Å²) >= 11 is 0. The van der Waals surface area contributed by atoms with Gasteiger partial charge < -0.3 is 10.4 Å². The topological polar surface area (TPSA) is 66.4 Å². The molecule has 1 aromatic carbocycles. The summed E-state index contributed by atoms with van der Waals surface area (Å²) < 4.78 is 0. The second-order valence-electron chi connectivity index (χ2n) is 5.72. The van der Waals surface area contributed by atoms with Crippen molar-refractivity contribution in [2.75, 3.05) is 6.54 Å². The van der Waals surface area contributed by atoms with Crippen LogP contribution in [0.1, 0.15) is 45.1 Å². The molecule has 0 aromatic heterocycles. The van der Waals surface area contributed by atoms with Crippen molar-refractivity contribution in [2.24, 2.45) is 11.8 Å². The van der Waals surface area contributed by atoms with E-state index < -0.39 is 11.9 Å². The molecule has 0 aliphatic carbocycles. The monoisotopic (exact) mass is 291 g/mol. The van der Waals surface area contributed by atoms with Crippen molar-refractivity contribution in [3.63, 3.8) is 0 Å². The van der Waals surface area contributed by atoms with E-state index in [1.807, 2.05) is 6.07 Å². The molecule has 4 nitrogen and oxygen atoms in total. The Balaban J connectivity index is 2.58. The Morgan fingerprint density at radius 1 is 1.19 bits per heavy atom. The number of nitrogens with one attached hydrogen (secondary N) is 1. The van der Waals surface area contributed by atoms with Crippen molar-refractivity contribution in [3.05, 3.63) is 35.9 Å². The summed E-state index contributed by atoms with van der Waals surface area (Å²) in [5, 5.41) is 12.1. The van der Waals surface area contributed by atoms with Gasteiger partial charge in [0.05, 0.1) is 5.92 Å². The third-order valence-corrected chi connectivity index (χ3v) is 3.92. The number of amides is 1. The predicted molar refractivity (Wildman–Crippen MR) is 83.1 cm³/mol. The van der Waals surface area contributed by atoms with Crippen LogP contribution in [0.25, 0.3) is 0 Å². The molecule has 1 amide bonds. The van der Waals surface area contributed by atoms with Crippen molar-refractivity contribution >= 4 is 11.9 Å². The predicted octanol–water partition coefficient (Wildman–Crippen LogP) is 3.04. The Labute approximate surface area is 126 Å². The van der Waals surface area contributed by atoms with Crippen LogP contribution in [0.2, 0.25) is 0 Å². The van der Waals surface area contributed by atoms with Gasteiger partial charge in [-0.25, -0.2) is 0 Å². The van der Waals surface area contributed by atoms with Gasteiger partial charge in [-0.3, -0.25) is 9.59 Å². The number of hydrogen-bond acceptors (Lipinski definition) is 2. The van der Waals surface area contributed by atoms with E-state index in [9.17, 15) is 14.7 Å². The van der Waals surface area contributed by atoms with Gasteiger partial charge in [0.2, 0.25) is 5.91 Å². The molecule has 2 unspecified atom stereocenters. The maximum atomic E-state index is 12.0. The molecule has 1 rings (SSSR count). The first-order chi connectivity index (χ1) is 9.95. The van der Waals surface area contributed by atoms with E-state index >= 15 is 0 Å². The molecule has 0 radical (unpaired) electrons. The van der Waals surface area contributed by atoms with Crippen LogP contribution in [0.5, 0.6) is 0 Å². The fraction of sp³-hybridized carbons (Fsp3) is 0.529. The molecule has 116 valence electrons. The van der Waals surface area contributed by atoms with Gasteiger partial charge >= 0.3 is 5.97 Å². The summed E-state index contributed by atoms with van der Waals surface area (Å²) in [4.78, 5) is 23.3. The quantitative estimate of drug-likeness (QED) is 0.773. The lowest BCUT2D eigenvalue weighted by atomic mass is 9.90. The summed E-state index contributed by atoms with van der Waals surface area (Å²) in [7, 11) is 0. The van der Waals surface area contributed by atoms with E-state index in [0.717, 1.165) is 6.42 Å². The first-order valence-electron chi connectivity index (χ1n) is 7.50. The third-order valence-electron chi connectivity index (χ3n) is 3.92. The van der Waals surface area contributed by atoms with Gasteiger partial charge in [-0.05, 0) is 17.4 Å². The molecular formula is C17H25NO3. The van der Waals surface area contributed by atoms with Crippen molar-refractivity contribution in [1.29, 1.82) is 0 Å². The van der Waals surface area contributed by atoms with E-state index in [-0.39, 0.29) is 12.5 Å². The largest absolute Gasteiger partial charge is 0.481 e. The fourth-order valence-electron chi connectivity index (χ4n) is 2.41. The van der Waals surface area contributed by atoms with E-state index in [0.29, 0.717) is 23.8 Å². The minimum absolute atomic E-state index is 0.0715. The molecule has 0 saturated heterocycles. The van der Waals surface area contributed by atoms with Gasteiger partial charge in [0, 0.05) is 13.0 Å². The third kappa shape index (κ3) is 5.58. The molecule has 21 heavy (non-hydrogen) atoms. The van der Waals surface area contributed by atoms with Gasteiger partial charge in [-0.2, -0.15) is 0 Å². The van der Waals surface area contributed by atoms with Crippen LogP contribution >= 0.6 is 0 Å². The second kappa shape index (κ2) is 8.45. The highest BCUT2D eigenvalue weighted by Crippen LogP contribution is 2.19. The molecule has 0 fully saturated rings. The maximum absolute atomic E-state index is 12.0.